The Morgan fingerprint density at radius 1 is 1.07 bits per heavy atom. The van der Waals surface area contributed by atoms with E-state index in [0.717, 1.165) is 30.0 Å². The second-order valence-corrected chi connectivity index (χ2v) is 10.4. The third kappa shape index (κ3) is 6.69. The van der Waals surface area contributed by atoms with Crippen LogP contribution < -0.4 is 10.1 Å². The summed E-state index contributed by atoms with van der Waals surface area (Å²) < 4.78 is 5.43. The molecule has 2 aliphatic heterocycles. The number of piperazine rings is 1. The van der Waals surface area contributed by atoms with Gasteiger partial charge in [0.2, 0.25) is 5.91 Å². The highest BCUT2D eigenvalue weighted by Crippen LogP contribution is 2.29. The zero-order valence-corrected chi connectivity index (χ0v) is 23.0. The van der Waals surface area contributed by atoms with Crippen molar-refractivity contribution in [3.05, 3.63) is 99.9 Å². The summed E-state index contributed by atoms with van der Waals surface area (Å²) >= 11 is 0. The van der Waals surface area contributed by atoms with Gasteiger partial charge in [-0.15, -0.1) is 0 Å². The number of hydrogen-bond donors (Lipinski definition) is 1. The Bertz CT molecular complexity index is 1360. The number of ether oxygens (including phenoxy) is 1. The summed E-state index contributed by atoms with van der Waals surface area (Å²) in [6.45, 7) is 4.05. The van der Waals surface area contributed by atoms with Gasteiger partial charge in [0.25, 0.3) is 11.6 Å². The number of benzene rings is 2. The van der Waals surface area contributed by atoms with Crippen LogP contribution in [0.5, 0.6) is 5.75 Å². The van der Waals surface area contributed by atoms with Crippen LogP contribution in [-0.4, -0.2) is 88.3 Å². The number of nitro groups is 1. The van der Waals surface area contributed by atoms with Gasteiger partial charge >= 0.3 is 0 Å². The van der Waals surface area contributed by atoms with Gasteiger partial charge in [-0.05, 0) is 41.8 Å². The highest BCUT2D eigenvalue weighted by atomic mass is 16.6. The molecule has 3 aromatic rings. The predicted molar refractivity (Wildman–Crippen MR) is 152 cm³/mol. The van der Waals surface area contributed by atoms with Crippen LogP contribution in [0.15, 0.2) is 73.1 Å². The molecule has 1 aromatic heterocycles. The standard InChI is InChI=1S/C30H34N6O5/c1-41-27-6-2-4-23(16-27)20-34(19-22-7-9-25(10-8-22)36(39)40)26-17-28(30(38)33-14-12-31-13-15-33)35(21-26)29(37)24-5-3-11-32-18-24/h2-11,16,18,26,28,31H,12-15,17,19-21H2,1H3. The summed E-state index contributed by atoms with van der Waals surface area (Å²) in [7, 11) is 1.62. The van der Waals surface area contributed by atoms with Gasteiger partial charge < -0.3 is 19.9 Å². The lowest BCUT2D eigenvalue weighted by Crippen LogP contribution is -2.53. The second kappa shape index (κ2) is 12.9. The van der Waals surface area contributed by atoms with Crippen molar-refractivity contribution >= 4 is 17.5 Å². The molecule has 41 heavy (non-hydrogen) atoms. The largest absolute Gasteiger partial charge is 0.497 e. The van der Waals surface area contributed by atoms with Gasteiger partial charge in [0.1, 0.15) is 11.8 Å². The number of aromatic nitrogens is 1. The molecule has 11 heteroatoms. The van der Waals surface area contributed by atoms with E-state index in [9.17, 15) is 19.7 Å². The maximum Gasteiger partial charge on any atom is 0.269 e. The minimum absolute atomic E-state index is 0.0314. The third-order valence-electron chi connectivity index (χ3n) is 7.73. The maximum atomic E-state index is 13.8. The molecule has 2 unspecified atom stereocenters. The number of methoxy groups -OCH3 is 1. The number of nitrogens with zero attached hydrogens (tertiary/aromatic N) is 5. The second-order valence-electron chi connectivity index (χ2n) is 10.4. The fraction of sp³-hybridized carbons (Fsp3) is 0.367. The summed E-state index contributed by atoms with van der Waals surface area (Å²) in [5.41, 5.74) is 2.40. The van der Waals surface area contributed by atoms with Crippen molar-refractivity contribution in [1.29, 1.82) is 0 Å². The van der Waals surface area contributed by atoms with Crippen LogP contribution in [0.2, 0.25) is 0 Å². The first-order chi connectivity index (χ1) is 19.9. The van der Waals surface area contributed by atoms with Gasteiger partial charge in [-0.3, -0.25) is 29.6 Å². The topological polar surface area (TPSA) is 121 Å². The Morgan fingerprint density at radius 3 is 2.51 bits per heavy atom. The molecule has 11 nitrogen and oxygen atoms in total. The summed E-state index contributed by atoms with van der Waals surface area (Å²) in [6.07, 6.45) is 3.63. The molecular weight excluding hydrogens is 524 g/mol. The quantitative estimate of drug-likeness (QED) is 0.314. The average Bonchev–Trinajstić information content (AvgIpc) is 3.47. The molecule has 2 saturated heterocycles. The number of likely N-dealkylation sites (tertiary alicyclic amines) is 1. The van der Waals surface area contributed by atoms with E-state index in [2.05, 4.69) is 15.2 Å². The van der Waals surface area contributed by atoms with Crippen LogP contribution in [0, 0.1) is 10.1 Å². The zero-order chi connectivity index (χ0) is 28.8. The third-order valence-corrected chi connectivity index (χ3v) is 7.73. The molecule has 2 fully saturated rings. The molecule has 2 aliphatic rings. The Kier molecular flexibility index (Phi) is 8.85. The molecule has 2 amide bonds. The Morgan fingerprint density at radius 2 is 1.83 bits per heavy atom. The number of rotatable bonds is 9. The molecule has 2 atom stereocenters. The Balaban J connectivity index is 1.45. The van der Waals surface area contributed by atoms with Crippen LogP contribution in [-0.2, 0) is 17.9 Å². The zero-order valence-electron chi connectivity index (χ0n) is 23.0. The highest BCUT2D eigenvalue weighted by molar-refractivity contribution is 5.97. The van der Waals surface area contributed by atoms with E-state index in [1.54, 1.807) is 42.5 Å². The molecule has 1 N–H and O–H groups in total. The van der Waals surface area contributed by atoms with Crippen molar-refractivity contribution in [3.63, 3.8) is 0 Å². The van der Waals surface area contributed by atoms with Crippen molar-refractivity contribution in [3.8, 4) is 5.75 Å². The Labute approximate surface area is 238 Å². The number of pyridine rings is 1. The normalized spacial score (nSPS) is 18.9. The molecule has 214 valence electrons. The molecule has 2 aromatic carbocycles. The van der Waals surface area contributed by atoms with Crippen molar-refractivity contribution < 1.29 is 19.2 Å². The van der Waals surface area contributed by atoms with Crippen LogP contribution in [0.25, 0.3) is 0 Å². The highest BCUT2D eigenvalue weighted by Gasteiger charge is 2.43. The molecular formula is C30H34N6O5. The first-order valence-corrected chi connectivity index (χ1v) is 13.7. The number of nitro benzene ring substituents is 1. The predicted octanol–water partition coefficient (Wildman–Crippen LogP) is 2.72. The van der Waals surface area contributed by atoms with E-state index in [1.807, 2.05) is 29.2 Å². The van der Waals surface area contributed by atoms with Crippen LogP contribution in [0.3, 0.4) is 0 Å². The van der Waals surface area contributed by atoms with Gasteiger partial charge in [0.15, 0.2) is 0 Å². The number of nitrogens with one attached hydrogen (secondary N) is 1. The fourth-order valence-electron chi connectivity index (χ4n) is 5.56. The molecule has 0 bridgehead atoms. The Hall–Kier alpha value is -4.35. The number of hydrogen-bond acceptors (Lipinski definition) is 8. The summed E-state index contributed by atoms with van der Waals surface area (Å²) in [5, 5.41) is 14.5. The van der Waals surface area contributed by atoms with Crippen LogP contribution in [0.4, 0.5) is 5.69 Å². The molecule has 3 heterocycles. The van der Waals surface area contributed by atoms with E-state index in [1.165, 1.54) is 18.3 Å². The lowest BCUT2D eigenvalue weighted by molar-refractivity contribution is -0.384. The van der Waals surface area contributed by atoms with E-state index >= 15 is 0 Å². The molecule has 0 spiro atoms. The minimum atomic E-state index is -0.601. The van der Waals surface area contributed by atoms with Crippen LogP contribution in [0.1, 0.15) is 27.9 Å². The van der Waals surface area contributed by atoms with Crippen molar-refractivity contribution in [2.24, 2.45) is 0 Å². The van der Waals surface area contributed by atoms with E-state index in [4.69, 9.17) is 4.74 Å². The van der Waals surface area contributed by atoms with E-state index < -0.39 is 11.0 Å². The van der Waals surface area contributed by atoms with Crippen molar-refractivity contribution in [1.82, 2.24) is 25.0 Å². The van der Waals surface area contributed by atoms with Crippen molar-refractivity contribution in [2.45, 2.75) is 31.6 Å². The number of amides is 2. The molecule has 0 radical (unpaired) electrons. The van der Waals surface area contributed by atoms with Crippen molar-refractivity contribution in [2.75, 3.05) is 39.8 Å². The summed E-state index contributed by atoms with van der Waals surface area (Å²) in [5.74, 6) is 0.484. The minimum Gasteiger partial charge on any atom is -0.497 e. The maximum absolute atomic E-state index is 13.8. The SMILES string of the molecule is COc1cccc(CN(Cc2ccc([N+](=O)[O-])cc2)C2CC(C(=O)N3CCNCC3)N(C(=O)c3cccnc3)C2)c1. The van der Waals surface area contributed by atoms with Crippen LogP contribution >= 0.6 is 0 Å². The first-order valence-electron chi connectivity index (χ1n) is 13.7. The number of non-ortho nitro benzene ring substituents is 1. The van der Waals surface area contributed by atoms with Gasteiger partial charge in [0, 0.05) is 76.4 Å². The lowest BCUT2D eigenvalue weighted by Gasteiger charge is -2.32. The monoisotopic (exact) mass is 558 g/mol. The fourth-order valence-corrected chi connectivity index (χ4v) is 5.56. The van der Waals surface area contributed by atoms with Gasteiger partial charge in [-0.25, -0.2) is 0 Å². The van der Waals surface area contributed by atoms with E-state index in [-0.39, 0.29) is 23.5 Å². The first kappa shape index (κ1) is 28.2. The summed E-state index contributed by atoms with van der Waals surface area (Å²) in [4.78, 5) is 48.2. The van der Waals surface area contributed by atoms with E-state index in [0.29, 0.717) is 44.7 Å². The molecule has 0 aliphatic carbocycles. The van der Waals surface area contributed by atoms with Gasteiger partial charge in [-0.2, -0.15) is 0 Å². The number of carbonyl (C=O) groups excluding carboxylic acids is 2. The number of carbonyl (C=O) groups is 2. The lowest BCUT2D eigenvalue weighted by atomic mass is 10.1. The van der Waals surface area contributed by atoms with Gasteiger partial charge in [0.05, 0.1) is 17.6 Å². The molecule has 5 rings (SSSR count). The smallest absolute Gasteiger partial charge is 0.269 e. The van der Waals surface area contributed by atoms with Gasteiger partial charge in [-0.1, -0.05) is 24.3 Å². The summed E-state index contributed by atoms with van der Waals surface area (Å²) in [6, 6.07) is 17.0. The average molecular weight is 559 g/mol. The molecule has 0 saturated carbocycles.